The highest BCUT2D eigenvalue weighted by molar-refractivity contribution is 5.99. The van der Waals surface area contributed by atoms with E-state index in [-0.39, 0.29) is 25.2 Å². The van der Waals surface area contributed by atoms with Crippen LogP contribution in [0.15, 0.2) is 23.0 Å². The average Bonchev–Trinajstić information content (AvgIpc) is 2.40. The highest BCUT2D eigenvalue weighted by Gasteiger charge is 2.30. The molecule has 0 aliphatic carbocycles. The maximum atomic E-state index is 13.7. The van der Waals surface area contributed by atoms with E-state index in [1.807, 2.05) is 0 Å². The van der Waals surface area contributed by atoms with Crippen LogP contribution in [0.5, 0.6) is 0 Å². The predicted octanol–water partition coefficient (Wildman–Crippen LogP) is 0.154. The van der Waals surface area contributed by atoms with Gasteiger partial charge in [-0.15, -0.1) is 5.10 Å². The molecule has 1 N–H and O–H groups in total. The fourth-order valence-corrected chi connectivity index (χ4v) is 2.18. The van der Waals surface area contributed by atoms with E-state index in [1.54, 1.807) is 0 Å². The van der Waals surface area contributed by atoms with E-state index in [9.17, 15) is 18.8 Å². The van der Waals surface area contributed by atoms with Crippen molar-refractivity contribution in [1.82, 2.24) is 20.3 Å². The zero-order valence-electron chi connectivity index (χ0n) is 10.2. The Balaban J connectivity index is 0.00000161. The second kappa shape index (κ2) is 4.48. The maximum Gasteiger partial charge on any atom is 0.281 e. The SMILES string of the molecule is O=C1CCC(n2nnc3cccc(F)c3c2=O)C(=O)N1.[HH]. The van der Waals surface area contributed by atoms with Crippen LogP contribution >= 0.6 is 0 Å². The van der Waals surface area contributed by atoms with Gasteiger partial charge in [-0.3, -0.25) is 19.7 Å². The summed E-state index contributed by atoms with van der Waals surface area (Å²) >= 11 is 0. The summed E-state index contributed by atoms with van der Waals surface area (Å²) in [7, 11) is 0. The first-order chi connectivity index (χ1) is 9.58. The Labute approximate surface area is 112 Å². The van der Waals surface area contributed by atoms with Crippen LogP contribution < -0.4 is 10.9 Å². The Morgan fingerprint density at radius 2 is 2.15 bits per heavy atom. The Kier molecular flexibility index (Phi) is 2.78. The smallest absolute Gasteiger partial charge is 0.281 e. The van der Waals surface area contributed by atoms with E-state index in [2.05, 4.69) is 15.6 Å². The minimum atomic E-state index is -0.947. The average molecular weight is 278 g/mol. The third-order valence-electron chi connectivity index (χ3n) is 3.17. The number of carbonyl (C=O) groups excluding carboxylic acids is 2. The molecule has 1 fully saturated rings. The largest absolute Gasteiger partial charge is 0.295 e. The highest BCUT2D eigenvalue weighted by Crippen LogP contribution is 2.17. The first-order valence-electron chi connectivity index (χ1n) is 5.95. The van der Waals surface area contributed by atoms with Crippen molar-refractivity contribution < 1.29 is 15.4 Å². The number of imide groups is 1. The van der Waals surface area contributed by atoms with Crippen LogP contribution in [0.3, 0.4) is 0 Å². The molecule has 0 saturated carbocycles. The molecule has 1 atom stereocenters. The van der Waals surface area contributed by atoms with Crippen LogP contribution in [0, 0.1) is 5.82 Å². The number of fused-ring (bicyclic) bond motifs is 1. The van der Waals surface area contributed by atoms with Crippen LogP contribution in [0.1, 0.15) is 20.3 Å². The molecule has 2 aromatic rings. The number of halogens is 1. The number of nitrogens with one attached hydrogen (secondary N) is 1. The molecular formula is C12H11FN4O3. The molecule has 7 nitrogen and oxygen atoms in total. The Morgan fingerprint density at radius 1 is 1.35 bits per heavy atom. The Bertz CT molecular complexity index is 792. The van der Waals surface area contributed by atoms with E-state index < -0.39 is 29.2 Å². The molecule has 2 heterocycles. The molecule has 1 aromatic carbocycles. The van der Waals surface area contributed by atoms with Gasteiger partial charge in [-0.25, -0.2) is 4.39 Å². The first kappa shape index (κ1) is 12.4. The zero-order valence-corrected chi connectivity index (χ0v) is 10.2. The summed E-state index contributed by atoms with van der Waals surface area (Å²) < 4.78 is 14.5. The predicted molar refractivity (Wildman–Crippen MR) is 67.3 cm³/mol. The Hall–Kier alpha value is -2.64. The maximum absolute atomic E-state index is 13.7. The lowest BCUT2D eigenvalue weighted by Crippen LogP contribution is -2.45. The Morgan fingerprint density at radius 3 is 2.90 bits per heavy atom. The number of amides is 2. The van der Waals surface area contributed by atoms with E-state index in [0.29, 0.717) is 0 Å². The molecule has 3 rings (SSSR count). The molecule has 2 amide bonds. The van der Waals surface area contributed by atoms with Crippen LogP contribution in [0.2, 0.25) is 0 Å². The van der Waals surface area contributed by atoms with Crippen molar-refractivity contribution in [3.8, 4) is 0 Å². The van der Waals surface area contributed by atoms with Crippen molar-refractivity contribution in [2.24, 2.45) is 0 Å². The number of benzene rings is 1. The van der Waals surface area contributed by atoms with Crippen molar-refractivity contribution in [2.45, 2.75) is 18.9 Å². The van der Waals surface area contributed by atoms with Gasteiger partial charge in [0.15, 0.2) is 0 Å². The fourth-order valence-electron chi connectivity index (χ4n) is 2.18. The minimum absolute atomic E-state index is 0. The minimum Gasteiger partial charge on any atom is -0.295 e. The molecule has 0 bridgehead atoms. The topological polar surface area (TPSA) is 93.9 Å². The van der Waals surface area contributed by atoms with Crippen LogP contribution in [-0.2, 0) is 9.59 Å². The van der Waals surface area contributed by atoms with Gasteiger partial charge in [0.05, 0.1) is 0 Å². The number of piperidine rings is 1. The van der Waals surface area contributed by atoms with Gasteiger partial charge in [0.2, 0.25) is 5.91 Å². The molecule has 0 radical (unpaired) electrons. The second-order valence-electron chi connectivity index (χ2n) is 4.44. The molecule has 1 saturated heterocycles. The third kappa shape index (κ3) is 1.85. The van der Waals surface area contributed by atoms with E-state index in [1.165, 1.54) is 12.1 Å². The summed E-state index contributed by atoms with van der Waals surface area (Å²) in [4.78, 5) is 35.0. The highest BCUT2D eigenvalue weighted by atomic mass is 19.1. The number of nitrogens with zero attached hydrogens (tertiary/aromatic N) is 3. The monoisotopic (exact) mass is 278 g/mol. The molecule has 1 aromatic heterocycles. The molecular weight excluding hydrogens is 267 g/mol. The zero-order chi connectivity index (χ0) is 14.3. The van der Waals surface area contributed by atoms with Crippen LogP contribution in [0.4, 0.5) is 4.39 Å². The molecule has 1 aliphatic heterocycles. The van der Waals surface area contributed by atoms with Gasteiger partial charge >= 0.3 is 0 Å². The van der Waals surface area contributed by atoms with E-state index in [0.717, 1.165) is 10.7 Å². The normalized spacial score (nSPS) is 19.1. The molecule has 0 spiro atoms. The summed E-state index contributed by atoms with van der Waals surface area (Å²) in [6.45, 7) is 0. The quantitative estimate of drug-likeness (QED) is 0.750. The van der Waals surface area contributed by atoms with Gasteiger partial charge in [-0.1, -0.05) is 11.3 Å². The van der Waals surface area contributed by atoms with Gasteiger partial charge in [0, 0.05) is 7.85 Å². The number of carbonyl (C=O) groups is 2. The van der Waals surface area contributed by atoms with Gasteiger partial charge < -0.3 is 0 Å². The molecule has 104 valence electrons. The van der Waals surface area contributed by atoms with Gasteiger partial charge in [0.25, 0.3) is 11.5 Å². The molecule has 1 unspecified atom stereocenters. The van der Waals surface area contributed by atoms with E-state index >= 15 is 0 Å². The lowest BCUT2D eigenvalue weighted by atomic mass is 10.1. The van der Waals surface area contributed by atoms with Gasteiger partial charge in [-0.05, 0) is 18.6 Å². The lowest BCUT2D eigenvalue weighted by molar-refractivity contribution is -0.136. The fraction of sp³-hybridized carbons (Fsp3) is 0.250. The molecule has 1 aliphatic rings. The van der Waals surface area contributed by atoms with Gasteiger partial charge in [0.1, 0.15) is 22.8 Å². The van der Waals surface area contributed by atoms with Crippen molar-refractivity contribution in [2.75, 3.05) is 0 Å². The van der Waals surface area contributed by atoms with Crippen LogP contribution in [0.25, 0.3) is 10.9 Å². The van der Waals surface area contributed by atoms with Crippen molar-refractivity contribution in [3.63, 3.8) is 0 Å². The van der Waals surface area contributed by atoms with E-state index in [4.69, 9.17) is 0 Å². The molecule has 8 heteroatoms. The number of rotatable bonds is 1. The second-order valence-corrected chi connectivity index (χ2v) is 4.44. The number of aromatic nitrogens is 3. The van der Waals surface area contributed by atoms with Crippen molar-refractivity contribution >= 4 is 22.7 Å². The summed E-state index contributed by atoms with van der Waals surface area (Å²) in [6.07, 6.45) is 0.235. The molecule has 20 heavy (non-hydrogen) atoms. The number of hydrogen-bond donors (Lipinski definition) is 1. The third-order valence-corrected chi connectivity index (χ3v) is 3.17. The summed E-state index contributed by atoms with van der Waals surface area (Å²) in [5.74, 6) is -1.75. The summed E-state index contributed by atoms with van der Waals surface area (Å²) in [5.41, 5.74) is -0.610. The summed E-state index contributed by atoms with van der Waals surface area (Å²) in [5, 5.41) is 9.30. The lowest BCUT2D eigenvalue weighted by Gasteiger charge is -2.21. The van der Waals surface area contributed by atoms with Crippen molar-refractivity contribution in [1.29, 1.82) is 0 Å². The summed E-state index contributed by atoms with van der Waals surface area (Å²) in [6, 6.07) is 3.07. The first-order valence-corrected chi connectivity index (χ1v) is 5.95. The van der Waals surface area contributed by atoms with Gasteiger partial charge in [-0.2, -0.15) is 4.68 Å². The standard InChI is InChI=1S/C12H9FN4O3.H2/c13-6-2-1-3-7-10(6)12(20)17(16-15-7)8-4-5-9(18)14-11(8)19;/h1-3,8H,4-5H2,(H,14,18,19);1H. The van der Waals surface area contributed by atoms with Crippen LogP contribution in [-0.4, -0.2) is 26.8 Å². The van der Waals surface area contributed by atoms with Crippen molar-refractivity contribution in [3.05, 3.63) is 34.4 Å². The number of hydrogen-bond acceptors (Lipinski definition) is 5.